The van der Waals surface area contributed by atoms with Crippen molar-refractivity contribution in [3.63, 3.8) is 0 Å². The first-order valence-electron chi connectivity index (χ1n) is 11.3. The molecule has 0 fully saturated rings. The van der Waals surface area contributed by atoms with Crippen LogP contribution in [0.5, 0.6) is 5.75 Å². The molecule has 0 heterocycles. The van der Waals surface area contributed by atoms with Gasteiger partial charge in [0.25, 0.3) is 0 Å². The van der Waals surface area contributed by atoms with Gasteiger partial charge in [-0.25, -0.2) is 4.79 Å². The third-order valence-electron chi connectivity index (χ3n) is 5.54. The lowest BCUT2D eigenvalue weighted by molar-refractivity contribution is -0.142. The number of carbonyl (C=O) groups is 3. The number of carbonyl (C=O) groups excluding carboxylic acids is 2. The normalized spacial score (nSPS) is 13.3. The maximum absolute atomic E-state index is 13.2. The predicted octanol–water partition coefficient (Wildman–Crippen LogP) is 1.80. The molecule has 35 heavy (non-hydrogen) atoms. The molecule has 3 aromatic carbocycles. The van der Waals surface area contributed by atoms with Crippen molar-refractivity contribution in [1.82, 2.24) is 10.6 Å². The van der Waals surface area contributed by atoms with E-state index in [1.165, 1.54) is 12.1 Å². The molecule has 0 radical (unpaired) electrons. The van der Waals surface area contributed by atoms with E-state index >= 15 is 0 Å². The molecule has 3 aromatic rings. The molecule has 0 aromatic heterocycles. The Morgan fingerprint density at radius 1 is 0.657 bits per heavy atom. The van der Waals surface area contributed by atoms with Crippen LogP contribution in [0.2, 0.25) is 0 Å². The summed E-state index contributed by atoms with van der Waals surface area (Å²) in [6.45, 7) is 0. The van der Waals surface area contributed by atoms with E-state index in [4.69, 9.17) is 5.73 Å². The molecule has 182 valence electrons. The highest BCUT2D eigenvalue weighted by Gasteiger charge is 2.28. The minimum atomic E-state index is -1.22. The molecule has 8 nitrogen and oxygen atoms in total. The fourth-order valence-corrected chi connectivity index (χ4v) is 3.64. The Morgan fingerprint density at radius 3 is 1.66 bits per heavy atom. The predicted molar refractivity (Wildman–Crippen MR) is 132 cm³/mol. The molecule has 0 saturated heterocycles. The highest BCUT2D eigenvalue weighted by atomic mass is 16.4. The number of aromatic hydroxyl groups is 1. The lowest BCUT2D eigenvalue weighted by Crippen LogP contribution is -2.55. The standard InChI is InChI=1S/C27H29N3O5/c28-22(15-18-7-3-1-4-8-18)25(32)29-23(16-19-9-5-2-6-10-19)26(33)30-24(27(34)35)17-20-11-13-21(31)14-12-20/h1-14,22-24,31H,15-17,28H2,(H,29,32)(H,30,33)(H,34,35)/t22-,23-,24-/m1/s1. The van der Waals surface area contributed by atoms with E-state index in [0.29, 0.717) is 12.0 Å². The van der Waals surface area contributed by atoms with Crippen molar-refractivity contribution in [2.45, 2.75) is 37.4 Å². The number of hydrogen-bond donors (Lipinski definition) is 5. The number of rotatable bonds is 11. The average molecular weight is 476 g/mol. The molecule has 8 heteroatoms. The second kappa shape index (κ2) is 12.3. The van der Waals surface area contributed by atoms with E-state index in [0.717, 1.165) is 11.1 Å². The highest BCUT2D eigenvalue weighted by Crippen LogP contribution is 2.12. The van der Waals surface area contributed by atoms with Gasteiger partial charge in [0.1, 0.15) is 17.8 Å². The van der Waals surface area contributed by atoms with Crippen LogP contribution < -0.4 is 16.4 Å². The summed E-state index contributed by atoms with van der Waals surface area (Å²) in [5.74, 6) is -2.28. The number of nitrogens with two attached hydrogens (primary N) is 1. The van der Waals surface area contributed by atoms with Crippen LogP contribution in [0.15, 0.2) is 84.9 Å². The number of nitrogens with one attached hydrogen (secondary N) is 2. The molecule has 6 N–H and O–H groups in total. The van der Waals surface area contributed by atoms with E-state index in [9.17, 15) is 24.6 Å². The summed E-state index contributed by atoms with van der Waals surface area (Å²) in [5.41, 5.74) is 8.41. The maximum atomic E-state index is 13.2. The van der Waals surface area contributed by atoms with E-state index in [1.807, 2.05) is 60.7 Å². The highest BCUT2D eigenvalue weighted by molar-refractivity contribution is 5.92. The van der Waals surface area contributed by atoms with Crippen molar-refractivity contribution in [2.24, 2.45) is 5.73 Å². The van der Waals surface area contributed by atoms with Crippen LogP contribution in [0.1, 0.15) is 16.7 Å². The Bertz CT molecular complexity index is 1120. The van der Waals surface area contributed by atoms with Gasteiger partial charge in [-0.3, -0.25) is 9.59 Å². The van der Waals surface area contributed by atoms with E-state index in [2.05, 4.69) is 10.6 Å². The van der Waals surface area contributed by atoms with Crippen LogP contribution >= 0.6 is 0 Å². The Labute approximate surface area is 203 Å². The first-order chi connectivity index (χ1) is 16.8. The maximum Gasteiger partial charge on any atom is 0.326 e. The molecule has 3 atom stereocenters. The summed E-state index contributed by atoms with van der Waals surface area (Å²) in [4.78, 5) is 37.8. The van der Waals surface area contributed by atoms with Gasteiger partial charge in [-0.2, -0.15) is 0 Å². The smallest absolute Gasteiger partial charge is 0.326 e. The molecule has 0 aliphatic carbocycles. The number of hydrogen-bond acceptors (Lipinski definition) is 5. The van der Waals surface area contributed by atoms with Gasteiger partial charge in [0.15, 0.2) is 0 Å². The third kappa shape index (κ3) is 7.97. The third-order valence-corrected chi connectivity index (χ3v) is 5.54. The number of carboxylic acid groups (broad SMARTS) is 1. The van der Waals surface area contributed by atoms with Gasteiger partial charge in [-0.05, 0) is 35.2 Å². The van der Waals surface area contributed by atoms with E-state index < -0.39 is 35.9 Å². The fourth-order valence-electron chi connectivity index (χ4n) is 3.64. The quantitative estimate of drug-likeness (QED) is 0.286. The number of carboxylic acids is 1. The molecular formula is C27H29N3O5. The zero-order valence-corrected chi connectivity index (χ0v) is 19.1. The molecule has 0 bridgehead atoms. The number of aliphatic carboxylic acids is 1. The molecule has 0 aliphatic rings. The lowest BCUT2D eigenvalue weighted by Gasteiger charge is -2.23. The van der Waals surface area contributed by atoms with Gasteiger partial charge in [0.2, 0.25) is 11.8 Å². The van der Waals surface area contributed by atoms with Gasteiger partial charge < -0.3 is 26.6 Å². The lowest BCUT2D eigenvalue weighted by atomic mass is 10.0. The van der Waals surface area contributed by atoms with Crippen LogP contribution in [0.25, 0.3) is 0 Å². The summed E-state index contributed by atoms with van der Waals surface area (Å²) in [6.07, 6.45) is 0.480. The Morgan fingerprint density at radius 2 is 1.11 bits per heavy atom. The van der Waals surface area contributed by atoms with Gasteiger partial charge in [-0.1, -0.05) is 72.8 Å². The van der Waals surface area contributed by atoms with Crippen LogP contribution in [-0.2, 0) is 33.6 Å². The van der Waals surface area contributed by atoms with Gasteiger partial charge in [0, 0.05) is 12.8 Å². The minimum Gasteiger partial charge on any atom is -0.508 e. The van der Waals surface area contributed by atoms with E-state index in [-0.39, 0.29) is 18.6 Å². The largest absolute Gasteiger partial charge is 0.508 e. The monoisotopic (exact) mass is 475 g/mol. The molecule has 2 amide bonds. The topological polar surface area (TPSA) is 142 Å². The van der Waals surface area contributed by atoms with Crippen LogP contribution in [0.4, 0.5) is 0 Å². The van der Waals surface area contributed by atoms with Crippen molar-refractivity contribution in [3.05, 3.63) is 102 Å². The Kier molecular flexibility index (Phi) is 8.97. The van der Waals surface area contributed by atoms with Crippen molar-refractivity contribution in [3.8, 4) is 5.75 Å². The number of benzene rings is 3. The molecule has 0 aliphatic heterocycles. The minimum absolute atomic E-state index is 0.0148. The summed E-state index contributed by atoms with van der Waals surface area (Å²) in [6, 6.07) is 21.4. The zero-order chi connectivity index (χ0) is 25.2. The van der Waals surface area contributed by atoms with Crippen molar-refractivity contribution < 1.29 is 24.6 Å². The molecule has 0 unspecified atom stereocenters. The molecule has 0 spiro atoms. The second-order valence-electron chi connectivity index (χ2n) is 8.32. The van der Waals surface area contributed by atoms with Crippen molar-refractivity contribution in [1.29, 1.82) is 0 Å². The Hall–Kier alpha value is -4.17. The summed E-state index contributed by atoms with van der Waals surface area (Å²) < 4.78 is 0. The van der Waals surface area contributed by atoms with Gasteiger partial charge in [0.05, 0.1) is 6.04 Å². The Balaban J connectivity index is 1.72. The van der Waals surface area contributed by atoms with Crippen LogP contribution in [0, 0.1) is 0 Å². The molecule has 3 rings (SSSR count). The van der Waals surface area contributed by atoms with Gasteiger partial charge >= 0.3 is 5.97 Å². The van der Waals surface area contributed by atoms with Crippen LogP contribution in [0.3, 0.4) is 0 Å². The van der Waals surface area contributed by atoms with Crippen molar-refractivity contribution >= 4 is 17.8 Å². The second-order valence-corrected chi connectivity index (χ2v) is 8.32. The number of phenolic OH excluding ortho intramolecular Hbond substituents is 1. The van der Waals surface area contributed by atoms with Gasteiger partial charge in [-0.15, -0.1) is 0 Å². The SMILES string of the molecule is N[C@H](Cc1ccccc1)C(=O)N[C@H](Cc1ccccc1)C(=O)N[C@H](Cc1ccc(O)cc1)C(=O)O. The summed E-state index contributed by atoms with van der Waals surface area (Å²) in [5, 5.41) is 24.4. The summed E-state index contributed by atoms with van der Waals surface area (Å²) >= 11 is 0. The van der Waals surface area contributed by atoms with E-state index in [1.54, 1.807) is 12.1 Å². The average Bonchev–Trinajstić information content (AvgIpc) is 2.85. The molecule has 0 saturated carbocycles. The number of phenols is 1. The zero-order valence-electron chi connectivity index (χ0n) is 19.1. The first-order valence-corrected chi connectivity index (χ1v) is 11.3. The molecular weight excluding hydrogens is 446 g/mol. The van der Waals surface area contributed by atoms with Crippen LogP contribution in [-0.4, -0.2) is 46.1 Å². The fraction of sp³-hybridized carbons (Fsp3) is 0.222. The van der Waals surface area contributed by atoms with Crippen molar-refractivity contribution in [2.75, 3.05) is 0 Å². The first kappa shape index (κ1) is 25.5. The summed E-state index contributed by atoms with van der Waals surface area (Å²) in [7, 11) is 0. The number of amides is 2.